The number of nitrogen functional groups attached to an aromatic ring is 1. The van der Waals surface area contributed by atoms with Crippen molar-refractivity contribution in [2.24, 2.45) is 0 Å². The van der Waals surface area contributed by atoms with Gasteiger partial charge in [0.15, 0.2) is 0 Å². The summed E-state index contributed by atoms with van der Waals surface area (Å²) < 4.78 is 2.15. The van der Waals surface area contributed by atoms with Crippen molar-refractivity contribution >= 4 is 34.4 Å². The molecular weight excluding hydrogens is 490 g/mol. The Hall–Kier alpha value is -4.27. The summed E-state index contributed by atoms with van der Waals surface area (Å²) in [5.41, 5.74) is 10.9. The lowest BCUT2D eigenvalue weighted by Crippen LogP contribution is -2.39. The van der Waals surface area contributed by atoms with Crippen molar-refractivity contribution in [1.82, 2.24) is 25.1 Å². The molecular formula is C30H33N7O2. The van der Waals surface area contributed by atoms with Gasteiger partial charge >= 0.3 is 0 Å². The van der Waals surface area contributed by atoms with E-state index in [9.17, 15) is 9.59 Å². The maximum atomic E-state index is 12.8. The molecule has 1 aliphatic carbocycles. The molecule has 0 unspecified atom stereocenters. The topological polar surface area (TPSA) is 128 Å². The molecule has 2 aliphatic rings. The molecule has 2 amide bonds. The van der Waals surface area contributed by atoms with Gasteiger partial charge in [0.2, 0.25) is 5.91 Å². The minimum absolute atomic E-state index is 0.152. The van der Waals surface area contributed by atoms with Crippen LogP contribution < -0.4 is 16.4 Å². The molecule has 1 saturated carbocycles. The Morgan fingerprint density at radius 2 is 1.85 bits per heavy atom. The van der Waals surface area contributed by atoms with Gasteiger partial charge < -0.3 is 16.4 Å². The highest BCUT2D eigenvalue weighted by Crippen LogP contribution is 2.39. The Morgan fingerprint density at radius 1 is 1.00 bits per heavy atom. The molecule has 9 nitrogen and oxygen atoms in total. The quantitative estimate of drug-likeness (QED) is 0.345. The van der Waals surface area contributed by atoms with E-state index < -0.39 is 0 Å². The zero-order valence-corrected chi connectivity index (χ0v) is 21.9. The maximum absolute atomic E-state index is 12.8. The summed E-state index contributed by atoms with van der Waals surface area (Å²) in [5.74, 6) is 0.888. The number of hydrogen-bond donors (Lipinski definition) is 3. The highest BCUT2D eigenvalue weighted by atomic mass is 16.2. The average Bonchev–Trinajstić information content (AvgIpc) is 3.36. The largest absolute Gasteiger partial charge is 0.383 e. The van der Waals surface area contributed by atoms with Gasteiger partial charge in [0.25, 0.3) is 5.91 Å². The van der Waals surface area contributed by atoms with Crippen LogP contribution in [0.15, 0.2) is 54.9 Å². The minimum Gasteiger partial charge on any atom is -0.383 e. The molecule has 0 saturated heterocycles. The van der Waals surface area contributed by atoms with Gasteiger partial charge in [0.1, 0.15) is 17.3 Å². The third kappa shape index (κ3) is 5.21. The Labute approximate surface area is 227 Å². The number of pyridine rings is 2. The molecule has 4 aromatic rings. The van der Waals surface area contributed by atoms with E-state index in [-0.39, 0.29) is 23.9 Å². The number of carbonyl (C=O) groups is 2. The molecule has 0 radical (unpaired) electrons. The molecule has 2 atom stereocenters. The molecule has 6 rings (SSSR count). The second kappa shape index (κ2) is 10.8. The highest BCUT2D eigenvalue weighted by molar-refractivity contribution is 6.05. The summed E-state index contributed by atoms with van der Waals surface area (Å²) in [6.07, 6.45) is 11.7. The fourth-order valence-corrected chi connectivity index (χ4v) is 5.91. The molecule has 0 spiro atoms. The Bertz CT molecular complexity index is 1500. The summed E-state index contributed by atoms with van der Waals surface area (Å²) in [6.45, 7) is 0. The van der Waals surface area contributed by atoms with E-state index in [0.29, 0.717) is 23.6 Å². The van der Waals surface area contributed by atoms with Crippen molar-refractivity contribution in [3.05, 3.63) is 66.0 Å². The second-order valence-corrected chi connectivity index (χ2v) is 10.6. The third-order valence-corrected chi connectivity index (χ3v) is 7.86. The van der Waals surface area contributed by atoms with Crippen LogP contribution in [-0.2, 0) is 11.2 Å². The van der Waals surface area contributed by atoms with Crippen molar-refractivity contribution < 1.29 is 9.59 Å². The lowest BCUT2D eigenvalue weighted by Gasteiger charge is -2.30. The van der Waals surface area contributed by atoms with Gasteiger partial charge in [-0.1, -0.05) is 24.6 Å². The van der Waals surface area contributed by atoms with E-state index in [0.717, 1.165) is 79.1 Å². The van der Waals surface area contributed by atoms with E-state index >= 15 is 0 Å². The number of anilines is 2. The van der Waals surface area contributed by atoms with Gasteiger partial charge in [-0.3, -0.25) is 14.3 Å². The fraction of sp³-hybridized carbons (Fsp3) is 0.367. The van der Waals surface area contributed by atoms with Crippen LogP contribution in [0.5, 0.6) is 0 Å². The van der Waals surface area contributed by atoms with Crippen molar-refractivity contribution in [3.8, 4) is 11.3 Å². The van der Waals surface area contributed by atoms with E-state index in [1.54, 1.807) is 30.5 Å². The van der Waals surface area contributed by atoms with Gasteiger partial charge in [0.05, 0.1) is 16.9 Å². The minimum atomic E-state index is -0.226. The Morgan fingerprint density at radius 3 is 2.67 bits per heavy atom. The standard InChI is InChI=1S/C30H33N7O2/c31-29-26-27(19-12-14-20(15-13-19)30(39)35-24-10-4-5-16-32-24)36-37-23-9-6-8-22(17-23)34-25(38)11-3-1-2-7-21(18-33-29)28(26)37/h4-5,10,12-16,18,22-23H,1-3,6-9,11,17H2,(H2,31,33)(H,34,38)(H,32,35,39)/t22-,23-/m1/s1. The lowest BCUT2D eigenvalue weighted by atomic mass is 9.90. The number of nitrogens with one attached hydrogen (secondary N) is 2. The number of benzene rings is 1. The maximum Gasteiger partial charge on any atom is 0.256 e. The van der Waals surface area contributed by atoms with Crippen LogP contribution in [0.4, 0.5) is 11.6 Å². The monoisotopic (exact) mass is 523 g/mol. The van der Waals surface area contributed by atoms with Crippen LogP contribution in [-0.4, -0.2) is 37.6 Å². The van der Waals surface area contributed by atoms with Crippen molar-refractivity contribution in [2.45, 2.75) is 69.9 Å². The van der Waals surface area contributed by atoms with Crippen LogP contribution in [0.25, 0.3) is 22.2 Å². The van der Waals surface area contributed by atoms with Crippen LogP contribution in [0.3, 0.4) is 0 Å². The first-order valence-corrected chi connectivity index (χ1v) is 13.8. The van der Waals surface area contributed by atoms with E-state index in [1.807, 2.05) is 24.4 Å². The average molecular weight is 524 g/mol. The number of nitrogens with two attached hydrogens (primary N) is 1. The van der Waals surface area contributed by atoms with Crippen molar-refractivity contribution in [3.63, 3.8) is 0 Å². The molecule has 9 heteroatoms. The zero-order valence-electron chi connectivity index (χ0n) is 21.9. The molecule has 1 aliphatic heterocycles. The van der Waals surface area contributed by atoms with Crippen LogP contribution in [0.1, 0.15) is 73.3 Å². The van der Waals surface area contributed by atoms with E-state index in [4.69, 9.17) is 10.8 Å². The second-order valence-electron chi connectivity index (χ2n) is 10.6. The first kappa shape index (κ1) is 25.0. The van der Waals surface area contributed by atoms with Crippen molar-refractivity contribution in [2.75, 3.05) is 11.1 Å². The zero-order chi connectivity index (χ0) is 26.8. The predicted octanol–water partition coefficient (Wildman–Crippen LogP) is 5.04. The summed E-state index contributed by atoms with van der Waals surface area (Å²) >= 11 is 0. The van der Waals surface area contributed by atoms with Gasteiger partial charge in [-0.25, -0.2) is 9.97 Å². The third-order valence-electron chi connectivity index (χ3n) is 7.86. The molecule has 2 bridgehead atoms. The Kier molecular flexibility index (Phi) is 6.96. The number of aryl methyl sites for hydroxylation is 1. The molecule has 3 aromatic heterocycles. The molecule has 4 heterocycles. The number of nitrogens with zero attached hydrogens (tertiary/aromatic N) is 4. The lowest BCUT2D eigenvalue weighted by molar-refractivity contribution is -0.122. The summed E-state index contributed by atoms with van der Waals surface area (Å²) in [4.78, 5) is 34.0. The van der Waals surface area contributed by atoms with Gasteiger partial charge in [0, 0.05) is 36.0 Å². The number of fused-ring (bicyclic) bond motifs is 3. The normalized spacial score (nSPS) is 19.8. The number of hydrogen-bond acceptors (Lipinski definition) is 6. The van der Waals surface area contributed by atoms with Gasteiger partial charge in [-0.2, -0.15) is 5.10 Å². The number of aromatic nitrogens is 4. The SMILES string of the molecule is Nc1ncc2c3c1c(-c1ccc(C(=O)Nc4ccccn4)cc1)nn3[C@@H]1CCC[C@H](C1)NC(=O)CCCCC2. The van der Waals surface area contributed by atoms with Crippen molar-refractivity contribution in [1.29, 1.82) is 0 Å². The number of carbonyl (C=O) groups excluding carboxylic acids is 2. The summed E-state index contributed by atoms with van der Waals surface area (Å²) in [5, 5.41) is 12.1. The number of amides is 2. The summed E-state index contributed by atoms with van der Waals surface area (Å²) in [6, 6.07) is 13.1. The van der Waals surface area contributed by atoms with E-state index in [1.165, 1.54) is 0 Å². The first-order valence-electron chi connectivity index (χ1n) is 13.8. The molecule has 200 valence electrons. The molecule has 1 fully saturated rings. The number of rotatable bonds is 3. The summed E-state index contributed by atoms with van der Waals surface area (Å²) in [7, 11) is 0. The van der Waals surface area contributed by atoms with Crippen LogP contribution >= 0.6 is 0 Å². The van der Waals surface area contributed by atoms with Crippen LogP contribution in [0, 0.1) is 0 Å². The fourth-order valence-electron chi connectivity index (χ4n) is 5.91. The predicted molar refractivity (Wildman–Crippen MR) is 151 cm³/mol. The van der Waals surface area contributed by atoms with E-state index in [2.05, 4.69) is 25.3 Å². The van der Waals surface area contributed by atoms with Gasteiger partial charge in [-0.15, -0.1) is 0 Å². The van der Waals surface area contributed by atoms with Crippen LogP contribution in [0.2, 0.25) is 0 Å². The molecule has 4 N–H and O–H groups in total. The van der Waals surface area contributed by atoms with Gasteiger partial charge in [-0.05, 0) is 74.8 Å². The highest BCUT2D eigenvalue weighted by Gasteiger charge is 2.29. The Balaban J connectivity index is 1.39. The first-order chi connectivity index (χ1) is 19.1. The molecule has 39 heavy (non-hydrogen) atoms. The molecule has 1 aromatic carbocycles. The smallest absolute Gasteiger partial charge is 0.256 e.